The molecule has 17 N–H and O–H groups in total. The molecule has 8 bridgehead atoms. The maximum absolute atomic E-state index is 14.7. The molecule has 0 spiro atoms. The van der Waals surface area contributed by atoms with Crippen LogP contribution in [0.1, 0.15) is 144 Å². The first-order valence-electron chi connectivity index (χ1n) is 30.1. The minimum atomic E-state index is -5.07. The van der Waals surface area contributed by atoms with Gasteiger partial charge in [-0.3, -0.25) is 57.6 Å². The third-order valence-electron chi connectivity index (χ3n) is 20.4. The first kappa shape index (κ1) is 67.9. The van der Waals surface area contributed by atoms with Crippen LogP contribution < -0.4 is 45.0 Å². The number of benzene rings is 1. The summed E-state index contributed by atoms with van der Waals surface area (Å²) in [6.45, 7) is 18.8. The van der Waals surface area contributed by atoms with Crippen LogP contribution in [0, 0.1) is 59.2 Å². The second-order valence-electron chi connectivity index (χ2n) is 26.6. The third kappa shape index (κ3) is 12.5. The molecule has 28 heteroatoms. The molecule has 7 heterocycles. The molecule has 486 valence electrons. The monoisotopic (exact) mass is 1260 g/mol. The molecular formula is C61H88N13O14P. The van der Waals surface area contributed by atoms with Crippen molar-refractivity contribution in [3.05, 3.63) is 63.9 Å². The number of nitrogens with zero attached hydrogens (tertiary/aromatic N) is 5. The molecule has 8 rings (SSSR count). The van der Waals surface area contributed by atoms with Crippen LogP contribution in [0.5, 0.6) is 0 Å². The summed E-state index contributed by atoms with van der Waals surface area (Å²) in [5, 5.41) is 28.1. The second kappa shape index (κ2) is 25.0. The van der Waals surface area contributed by atoms with Crippen LogP contribution in [0.25, 0.3) is 11.0 Å². The van der Waals surface area contributed by atoms with Crippen LogP contribution in [0.4, 0.5) is 0 Å². The van der Waals surface area contributed by atoms with Gasteiger partial charge in [0.1, 0.15) is 18.3 Å². The molecule has 1 aromatic carbocycles. The Hall–Kier alpha value is -7.00. The highest BCUT2D eigenvalue weighted by Crippen LogP contribution is 2.62. The van der Waals surface area contributed by atoms with E-state index in [9.17, 15) is 53.2 Å². The molecule has 1 aromatic heterocycles. The van der Waals surface area contributed by atoms with Crippen LogP contribution >= 0.6 is 7.82 Å². The quantitative estimate of drug-likeness (QED) is 0.0637. The Morgan fingerprint density at radius 3 is 2.01 bits per heavy atom. The third-order valence-corrected chi connectivity index (χ3v) is 21.5. The van der Waals surface area contributed by atoms with Crippen molar-refractivity contribution in [3.63, 3.8) is 0 Å². The molecule has 7 amide bonds. The van der Waals surface area contributed by atoms with Gasteiger partial charge in [0.25, 0.3) is 0 Å². The number of aliphatic imine (C=N–C) groups is 3. The number of hydrogen-bond donors (Lipinski definition) is 11. The van der Waals surface area contributed by atoms with Crippen LogP contribution in [0.2, 0.25) is 0 Å². The van der Waals surface area contributed by atoms with E-state index in [1.807, 2.05) is 66.7 Å². The first-order chi connectivity index (χ1) is 41.4. The summed E-state index contributed by atoms with van der Waals surface area (Å²) in [5.41, 5.74) is 36.6. The molecule has 0 saturated carbocycles. The van der Waals surface area contributed by atoms with Gasteiger partial charge in [-0.25, -0.2) is 9.55 Å². The van der Waals surface area contributed by atoms with Crippen molar-refractivity contribution in [1.82, 2.24) is 20.2 Å². The van der Waals surface area contributed by atoms with E-state index >= 15 is 0 Å². The van der Waals surface area contributed by atoms with Crippen LogP contribution in [-0.4, -0.2) is 132 Å². The lowest BCUT2D eigenvalue weighted by Crippen LogP contribution is -2.60. The van der Waals surface area contributed by atoms with Gasteiger partial charge in [-0.05, 0) is 115 Å². The fourth-order valence-corrected chi connectivity index (χ4v) is 16.2. The number of aliphatic hydroxyl groups excluding tert-OH is 2. The molecule has 27 nitrogen and oxygen atoms in total. The lowest BCUT2D eigenvalue weighted by Gasteiger charge is -2.46. The van der Waals surface area contributed by atoms with Crippen LogP contribution in [0.15, 0.2) is 67.8 Å². The fourth-order valence-electron chi connectivity index (χ4n) is 15.1. The Morgan fingerprint density at radius 2 is 1.43 bits per heavy atom. The number of fused-ring (bicyclic) bond motifs is 7. The largest absolute Gasteiger partial charge is 0.472 e. The van der Waals surface area contributed by atoms with Gasteiger partial charge in [0, 0.05) is 119 Å². The summed E-state index contributed by atoms with van der Waals surface area (Å²) >= 11 is 0. The number of phosphoric acid groups is 1. The van der Waals surface area contributed by atoms with Crippen LogP contribution in [-0.2, 0) is 51.9 Å². The zero-order valence-corrected chi connectivity index (χ0v) is 53.4. The fraction of sp³-hybridized carbons (Fsp3) is 0.623. The number of imidazole rings is 1. The summed E-state index contributed by atoms with van der Waals surface area (Å²) < 4.78 is 32.2. The van der Waals surface area contributed by atoms with E-state index in [0.717, 1.165) is 11.1 Å². The van der Waals surface area contributed by atoms with E-state index in [-0.39, 0.29) is 70.8 Å². The molecule has 6 aliphatic heterocycles. The standard InChI is InChI=1S/C61H88N13O14P/c1-28-20-38-39(21-29(28)2)74(27-69-38)55-50(82)51(40(26-75)86-55)88-89(84,85)87-30(3)25-68-47(81)18-19-58(8)36(22-45(65)79)54-61(11)60(10,56(67)83)35(14-17-44(64)78)49(73-61)32(5)53-59(9,24-46(66)80)33(12-15-42(62)76)37(70-53)23-41-57(6,7)34(13-16-43(63)77)48(71-41)31(4)52(58)72-54/h20-21,23,27,30,33-36,40,50-51,54-55,70,75,82H,12-19,22,24-26H2,1-11H3,(H2,62,76)(H2,63,77)(H2,64,78)(H2,65,79)(H2,66,80)(H2,67,83)(H,68,81)(H,84,85)/b37-23?,48-31?,53-32-/t30?,33-,34-,35-,36+,40-,50-,51-,54-,55+,58-,59+,60-,61+/m1/s1. The number of carbonyl (C=O) groups excluding carboxylic acids is 7. The number of aliphatic hydroxyl groups is 2. The molecular weight excluding hydrogens is 1170 g/mol. The van der Waals surface area contributed by atoms with Crippen molar-refractivity contribution in [2.75, 3.05) is 13.2 Å². The Balaban J connectivity index is 1.19. The van der Waals surface area contributed by atoms with E-state index in [1.165, 1.54) is 13.3 Å². The molecule has 0 aliphatic carbocycles. The zero-order valence-electron chi connectivity index (χ0n) is 52.5. The van der Waals surface area contributed by atoms with Crippen molar-refractivity contribution in [3.8, 4) is 0 Å². The van der Waals surface area contributed by atoms with E-state index in [0.29, 0.717) is 56.4 Å². The van der Waals surface area contributed by atoms with Gasteiger partial charge in [-0.1, -0.05) is 27.7 Å². The topological polar surface area (TPSA) is 460 Å². The summed E-state index contributed by atoms with van der Waals surface area (Å²) in [6.07, 6.45) is -4.29. The number of primary amides is 6. The second-order valence-corrected chi connectivity index (χ2v) is 27.9. The number of rotatable bonds is 25. The number of allylic oxidation sites excluding steroid dienone is 6. The molecule has 89 heavy (non-hydrogen) atoms. The zero-order chi connectivity index (χ0) is 66.0. The SMILES string of the molecule is CC1=C2N=C(C=C3N/C(=C(/C)C4=N[C@@](C)([C@@H]5N=C1[C@](C)(CCC(=O)NCC(C)OP(=O)(O)O[C@H]1[C@@H](O)[C@@H](n6cnc7cc(C)c(C)cc76)O[C@@H]1CO)[C@H]5CC(N)=O)[C@@](C)(C(N)=O)[C@@H]4CCC(N)=O)[C@@](C)(CC(N)=O)[C@@H]3CCC(N)=O)C(C)(C)[C@@H]2CCC(N)=O. The van der Waals surface area contributed by atoms with E-state index in [4.69, 9.17) is 63.2 Å². The molecule has 0 radical (unpaired) electrons. The molecule has 6 aliphatic rings. The highest BCUT2D eigenvalue weighted by atomic mass is 31.2. The highest BCUT2D eigenvalue weighted by Gasteiger charge is 2.68. The van der Waals surface area contributed by atoms with E-state index in [2.05, 4.69) is 15.6 Å². The molecule has 2 aromatic rings. The van der Waals surface area contributed by atoms with Crippen molar-refractivity contribution in [1.29, 1.82) is 0 Å². The maximum atomic E-state index is 14.7. The minimum absolute atomic E-state index is 0.0327. The van der Waals surface area contributed by atoms with Gasteiger partial charge < -0.3 is 69.4 Å². The Bertz CT molecular complexity index is 3520. The summed E-state index contributed by atoms with van der Waals surface area (Å²) in [7, 11) is -5.07. The Labute approximate surface area is 517 Å². The van der Waals surface area contributed by atoms with E-state index < -0.39 is 143 Å². The van der Waals surface area contributed by atoms with Gasteiger partial charge >= 0.3 is 7.82 Å². The first-order valence-corrected chi connectivity index (χ1v) is 31.6. The molecule has 15 atom stereocenters. The normalized spacial score (nSPS) is 33.1. The number of nitrogens with one attached hydrogen (secondary N) is 2. The minimum Gasteiger partial charge on any atom is -0.394 e. The Morgan fingerprint density at radius 1 is 0.820 bits per heavy atom. The van der Waals surface area contributed by atoms with Gasteiger partial charge in [0.2, 0.25) is 41.4 Å². The number of amides is 7. The number of aryl methyl sites for hydroxylation is 2. The van der Waals surface area contributed by atoms with Gasteiger partial charge in [0.05, 0.1) is 47.1 Å². The number of carbonyl (C=O) groups is 7. The summed E-state index contributed by atoms with van der Waals surface area (Å²) in [5.74, 6) is -7.69. The predicted octanol–water partition coefficient (Wildman–Crippen LogP) is 2.77. The maximum Gasteiger partial charge on any atom is 0.472 e. The highest BCUT2D eigenvalue weighted by molar-refractivity contribution is 7.47. The lowest BCUT2D eigenvalue weighted by atomic mass is 9.56. The average Bonchev–Trinajstić information content (AvgIpc) is 1.53. The molecule has 2 unspecified atom stereocenters. The number of aromatic nitrogens is 2. The summed E-state index contributed by atoms with van der Waals surface area (Å²) in [4.78, 5) is 126. The average molecular weight is 1260 g/mol. The van der Waals surface area contributed by atoms with Gasteiger partial charge in [-0.15, -0.1) is 0 Å². The Kier molecular flexibility index (Phi) is 19.1. The van der Waals surface area contributed by atoms with Gasteiger partial charge in [0.15, 0.2) is 6.23 Å². The molecule has 2 fully saturated rings. The van der Waals surface area contributed by atoms with Gasteiger partial charge in [-0.2, -0.15) is 0 Å². The van der Waals surface area contributed by atoms with Crippen molar-refractivity contribution in [2.24, 2.45) is 94.7 Å². The molecule has 2 saturated heterocycles. The predicted molar refractivity (Wildman–Crippen MR) is 329 cm³/mol. The van der Waals surface area contributed by atoms with Crippen molar-refractivity contribution >= 4 is 77.3 Å². The van der Waals surface area contributed by atoms with E-state index in [1.54, 1.807) is 25.3 Å². The van der Waals surface area contributed by atoms with Crippen LogP contribution in [0.3, 0.4) is 0 Å². The lowest BCUT2D eigenvalue weighted by molar-refractivity contribution is -0.133. The smallest absolute Gasteiger partial charge is 0.394 e. The number of ether oxygens (including phenoxy) is 1. The van der Waals surface area contributed by atoms with Crippen molar-refractivity contribution in [2.45, 2.75) is 183 Å². The number of nitrogens with two attached hydrogens (primary N) is 6. The number of phosphoric ester groups is 1. The number of hydrogen-bond acceptors (Lipinski definition) is 18. The summed E-state index contributed by atoms with van der Waals surface area (Å²) in [6, 6.07) is 2.59. The van der Waals surface area contributed by atoms with Crippen molar-refractivity contribution < 1.29 is 67.0 Å².